The van der Waals surface area contributed by atoms with Gasteiger partial charge in [-0.2, -0.15) is 0 Å². The smallest absolute Gasteiger partial charge is 0.140 e. The number of carbonyl (C=O) groups is 1. The van der Waals surface area contributed by atoms with Crippen molar-refractivity contribution < 1.29 is 9.53 Å². The van der Waals surface area contributed by atoms with E-state index in [0.717, 1.165) is 0 Å². The largest absolute Gasteiger partial charge is 0.380 e. The fourth-order valence-corrected chi connectivity index (χ4v) is 0.695. The Balaban J connectivity index is 2.39. The van der Waals surface area contributed by atoms with Crippen molar-refractivity contribution in [3.8, 4) is 0 Å². The summed E-state index contributed by atoms with van der Waals surface area (Å²) in [7, 11) is 0. The molecule has 1 radical (unpaired) electrons. The van der Waals surface area contributed by atoms with Crippen molar-refractivity contribution in [3.05, 3.63) is 6.92 Å². The van der Waals surface area contributed by atoms with E-state index in [0.29, 0.717) is 19.6 Å². The second kappa shape index (κ2) is 2.27. The lowest BCUT2D eigenvalue weighted by Gasteiger charge is -2.15. The van der Waals surface area contributed by atoms with Gasteiger partial charge in [-0.05, 0) is 6.92 Å². The molecule has 1 fully saturated rings. The lowest BCUT2D eigenvalue weighted by atomic mass is 10.0. The zero-order chi connectivity index (χ0) is 5.98. The Morgan fingerprint density at radius 3 is 2.88 bits per heavy atom. The highest BCUT2D eigenvalue weighted by Gasteiger charge is 2.16. The molecule has 1 aliphatic heterocycles. The Bertz CT molecular complexity index is 98.7. The van der Waals surface area contributed by atoms with Crippen LogP contribution in [0.25, 0.3) is 0 Å². The number of Topliss-reactive ketones (excluding diaryl/α,β-unsaturated/α-hetero) is 1. The summed E-state index contributed by atoms with van der Waals surface area (Å²) in [5.74, 6) is 0.125. The van der Waals surface area contributed by atoms with Crippen LogP contribution in [-0.2, 0) is 9.53 Å². The van der Waals surface area contributed by atoms with E-state index < -0.39 is 0 Å². The van der Waals surface area contributed by atoms with Crippen molar-refractivity contribution in [2.24, 2.45) is 5.92 Å². The van der Waals surface area contributed by atoms with Gasteiger partial charge < -0.3 is 4.74 Å². The molecule has 0 aromatic carbocycles. The van der Waals surface area contributed by atoms with E-state index in [-0.39, 0.29) is 11.7 Å². The van der Waals surface area contributed by atoms with E-state index in [1.165, 1.54) is 0 Å². The van der Waals surface area contributed by atoms with Gasteiger partial charge in [-0.3, -0.25) is 4.79 Å². The van der Waals surface area contributed by atoms with Crippen LogP contribution in [0.1, 0.15) is 6.42 Å². The maximum Gasteiger partial charge on any atom is 0.140 e. The minimum Gasteiger partial charge on any atom is -0.380 e. The average molecular weight is 113 g/mol. The molecular weight excluding hydrogens is 104 g/mol. The number of hydrogen-bond donors (Lipinski definition) is 0. The fourth-order valence-electron chi connectivity index (χ4n) is 0.695. The lowest BCUT2D eigenvalue weighted by Crippen LogP contribution is -2.24. The monoisotopic (exact) mass is 113 g/mol. The van der Waals surface area contributed by atoms with Crippen molar-refractivity contribution in [2.45, 2.75) is 6.42 Å². The van der Waals surface area contributed by atoms with Crippen molar-refractivity contribution in [1.29, 1.82) is 0 Å². The summed E-state index contributed by atoms with van der Waals surface area (Å²) in [4.78, 5) is 10.7. The highest BCUT2D eigenvalue weighted by Crippen LogP contribution is 2.06. The second-order valence-electron chi connectivity index (χ2n) is 1.99. The predicted octanol–water partition coefficient (Wildman–Crippen LogP) is 0.426. The van der Waals surface area contributed by atoms with Crippen molar-refractivity contribution >= 4 is 5.78 Å². The van der Waals surface area contributed by atoms with Crippen molar-refractivity contribution in [3.63, 3.8) is 0 Å². The number of ketones is 1. The Labute approximate surface area is 48.8 Å². The van der Waals surface area contributed by atoms with Gasteiger partial charge in [0.1, 0.15) is 5.78 Å². The summed E-state index contributed by atoms with van der Waals surface area (Å²) < 4.78 is 4.97. The Morgan fingerprint density at radius 2 is 2.50 bits per heavy atom. The molecule has 0 N–H and O–H groups in total. The minimum absolute atomic E-state index is 0.108. The van der Waals surface area contributed by atoms with Crippen LogP contribution in [0.5, 0.6) is 0 Å². The van der Waals surface area contributed by atoms with Gasteiger partial charge in [-0.1, -0.05) is 0 Å². The average Bonchev–Trinajstić information content (AvgIpc) is 1.77. The third-order valence-corrected chi connectivity index (χ3v) is 1.27. The molecule has 1 unspecified atom stereocenters. The maximum atomic E-state index is 10.7. The molecule has 2 nitrogen and oxygen atoms in total. The van der Waals surface area contributed by atoms with Crippen LogP contribution in [0.3, 0.4) is 0 Å². The van der Waals surface area contributed by atoms with Gasteiger partial charge in [0, 0.05) is 12.3 Å². The first-order valence-corrected chi connectivity index (χ1v) is 2.74. The van der Waals surface area contributed by atoms with Crippen LogP contribution < -0.4 is 0 Å². The molecule has 1 saturated heterocycles. The third kappa shape index (κ3) is 1.07. The second-order valence-corrected chi connectivity index (χ2v) is 1.99. The molecule has 8 heavy (non-hydrogen) atoms. The van der Waals surface area contributed by atoms with E-state index in [4.69, 9.17) is 4.74 Å². The molecule has 0 bridgehead atoms. The number of hydrogen-bond acceptors (Lipinski definition) is 2. The highest BCUT2D eigenvalue weighted by atomic mass is 16.5. The summed E-state index contributed by atoms with van der Waals surface area (Å²) in [6, 6.07) is 0. The van der Waals surface area contributed by atoms with Gasteiger partial charge in [-0.25, -0.2) is 0 Å². The maximum absolute atomic E-state index is 10.7. The zero-order valence-electron chi connectivity index (χ0n) is 4.72. The fraction of sp³-hybridized carbons (Fsp3) is 0.667. The number of rotatable bonds is 0. The van der Waals surface area contributed by atoms with Crippen LogP contribution >= 0.6 is 0 Å². The third-order valence-electron chi connectivity index (χ3n) is 1.27. The predicted molar refractivity (Wildman–Crippen MR) is 29.3 cm³/mol. The van der Waals surface area contributed by atoms with Gasteiger partial charge in [0.15, 0.2) is 0 Å². The SMILES string of the molecule is [CH2]C1COCCC1=O. The van der Waals surface area contributed by atoms with Crippen LogP contribution in [0.15, 0.2) is 0 Å². The van der Waals surface area contributed by atoms with Crippen LogP contribution in [0, 0.1) is 12.8 Å². The van der Waals surface area contributed by atoms with Gasteiger partial charge >= 0.3 is 0 Å². The summed E-state index contributed by atoms with van der Waals surface area (Å²) in [5, 5.41) is 0. The van der Waals surface area contributed by atoms with E-state index in [1.807, 2.05) is 0 Å². The van der Waals surface area contributed by atoms with Crippen LogP contribution in [0.2, 0.25) is 0 Å². The summed E-state index contributed by atoms with van der Waals surface area (Å²) >= 11 is 0. The molecular formula is C6H9O2. The summed E-state index contributed by atoms with van der Waals surface area (Å²) in [5.41, 5.74) is 0. The molecule has 2 heteroatoms. The first-order valence-electron chi connectivity index (χ1n) is 2.74. The van der Waals surface area contributed by atoms with E-state index >= 15 is 0 Å². The van der Waals surface area contributed by atoms with Crippen LogP contribution in [-0.4, -0.2) is 19.0 Å². The Morgan fingerprint density at radius 1 is 1.75 bits per heavy atom. The molecule has 1 atom stereocenters. The van der Waals surface area contributed by atoms with E-state index in [2.05, 4.69) is 6.92 Å². The van der Waals surface area contributed by atoms with Gasteiger partial charge in [0.2, 0.25) is 0 Å². The van der Waals surface area contributed by atoms with Crippen molar-refractivity contribution in [1.82, 2.24) is 0 Å². The topological polar surface area (TPSA) is 26.3 Å². The summed E-state index contributed by atoms with van der Waals surface area (Å²) in [6.45, 7) is 4.70. The van der Waals surface area contributed by atoms with Crippen molar-refractivity contribution in [2.75, 3.05) is 13.2 Å². The lowest BCUT2D eigenvalue weighted by molar-refractivity contribution is -0.128. The molecule has 0 aromatic rings. The molecule has 0 spiro atoms. The van der Waals surface area contributed by atoms with Gasteiger partial charge in [0.25, 0.3) is 0 Å². The Kier molecular flexibility index (Phi) is 1.63. The molecule has 0 amide bonds. The summed E-state index contributed by atoms with van der Waals surface area (Å²) in [6.07, 6.45) is 0.550. The first kappa shape index (κ1) is 5.76. The number of ether oxygens (including phenoxy) is 1. The molecule has 1 aliphatic rings. The highest BCUT2D eigenvalue weighted by molar-refractivity contribution is 5.82. The van der Waals surface area contributed by atoms with E-state index in [9.17, 15) is 4.79 Å². The molecule has 1 rings (SSSR count). The van der Waals surface area contributed by atoms with Gasteiger partial charge in [0.05, 0.1) is 13.2 Å². The van der Waals surface area contributed by atoms with E-state index in [1.54, 1.807) is 0 Å². The quantitative estimate of drug-likeness (QED) is 0.455. The first-order chi connectivity index (χ1) is 3.80. The normalized spacial score (nSPS) is 30.6. The molecule has 0 aliphatic carbocycles. The molecule has 0 aromatic heterocycles. The minimum atomic E-state index is -0.108. The molecule has 0 saturated carbocycles. The number of carbonyl (C=O) groups excluding carboxylic acids is 1. The van der Waals surface area contributed by atoms with Crippen LogP contribution in [0.4, 0.5) is 0 Å². The molecule has 1 heterocycles. The Hall–Kier alpha value is -0.370. The van der Waals surface area contributed by atoms with Gasteiger partial charge in [-0.15, -0.1) is 0 Å². The zero-order valence-corrected chi connectivity index (χ0v) is 4.72. The standard InChI is InChI=1S/C6H9O2/c1-5-4-8-3-2-6(5)7/h5H,1-4H2. The molecule has 45 valence electrons.